The summed E-state index contributed by atoms with van der Waals surface area (Å²) in [5.41, 5.74) is 1.56. The largest absolute Gasteiger partial charge is 0.391 e. The van der Waals surface area contributed by atoms with E-state index in [-0.39, 0.29) is 17.9 Å². The van der Waals surface area contributed by atoms with Gasteiger partial charge in [0.05, 0.1) is 24.0 Å². The zero-order valence-electron chi connectivity index (χ0n) is 11.0. The first-order valence-corrected chi connectivity index (χ1v) is 7.07. The molecule has 0 radical (unpaired) electrons. The zero-order valence-corrected chi connectivity index (χ0v) is 11.0. The molecule has 100 valence electrons. The van der Waals surface area contributed by atoms with Crippen molar-refractivity contribution in [1.29, 1.82) is 0 Å². The van der Waals surface area contributed by atoms with Crippen molar-refractivity contribution in [2.24, 2.45) is 17.8 Å². The van der Waals surface area contributed by atoms with Gasteiger partial charge in [0.25, 0.3) is 0 Å². The molecule has 2 bridgehead atoms. The second kappa shape index (κ2) is 3.79. The highest BCUT2D eigenvalue weighted by molar-refractivity contribution is 5.92. The van der Waals surface area contributed by atoms with E-state index in [4.69, 9.17) is 0 Å². The lowest BCUT2D eigenvalue weighted by Gasteiger charge is -2.30. The Balaban J connectivity index is 1.65. The van der Waals surface area contributed by atoms with Crippen molar-refractivity contribution in [1.82, 2.24) is 4.98 Å². The first-order valence-electron chi connectivity index (χ1n) is 7.07. The smallest absolute Gasteiger partial charge is 0.178 e. The Kier molecular flexibility index (Phi) is 2.28. The van der Waals surface area contributed by atoms with E-state index < -0.39 is 0 Å². The summed E-state index contributed by atoms with van der Waals surface area (Å²) in [5, 5.41) is 10.4. The van der Waals surface area contributed by atoms with Crippen LogP contribution < -0.4 is 4.90 Å². The molecular weight excluding hydrogens is 240 g/mol. The molecule has 3 aliphatic rings. The maximum absolute atomic E-state index is 11.3. The lowest BCUT2D eigenvalue weighted by molar-refractivity contribution is 0.0965. The van der Waals surface area contributed by atoms with Gasteiger partial charge in [0.15, 0.2) is 5.78 Å². The summed E-state index contributed by atoms with van der Waals surface area (Å²) in [6, 6.07) is 4.03. The molecule has 1 aliphatic heterocycles. The Morgan fingerprint density at radius 2 is 2.21 bits per heavy atom. The number of nitrogens with zero attached hydrogens (tertiary/aromatic N) is 2. The third-order valence-electron chi connectivity index (χ3n) is 5.29. The number of aliphatic hydroxyl groups is 1. The van der Waals surface area contributed by atoms with Gasteiger partial charge in [-0.15, -0.1) is 0 Å². The zero-order chi connectivity index (χ0) is 13.1. The Morgan fingerprint density at radius 3 is 2.84 bits per heavy atom. The summed E-state index contributed by atoms with van der Waals surface area (Å²) in [5.74, 6) is 1.90. The van der Waals surface area contributed by atoms with Gasteiger partial charge in [-0.3, -0.25) is 9.78 Å². The van der Waals surface area contributed by atoms with Crippen LogP contribution in [0.15, 0.2) is 18.3 Å². The molecule has 2 saturated carbocycles. The molecule has 4 nitrogen and oxygen atoms in total. The quantitative estimate of drug-likeness (QED) is 0.817. The van der Waals surface area contributed by atoms with E-state index in [2.05, 4.69) is 9.88 Å². The van der Waals surface area contributed by atoms with Gasteiger partial charge in [-0.25, -0.2) is 0 Å². The predicted molar refractivity (Wildman–Crippen MR) is 71.1 cm³/mol. The molecule has 5 atom stereocenters. The van der Waals surface area contributed by atoms with E-state index in [0.29, 0.717) is 17.5 Å². The van der Waals surface area contributed by atoms with Crippen LogP contribution in [0, 0.1) is 17.8 Å². The van der Waals surface area contributed by atoms with Gasteiger partial charge >= 0.3 is 0 Å². The molecule has 1 N–H and O–H groups in total. The SMILES string of the molecule is CC(=O)c1ccc(N2CC3CC4CC3C2C4O)cn1. The number of aromatic nitrogens is 1. The Hall–Kier alpha value is -1.42. The second-order valence-electron chi connectivity index (χ2n) is 6.25. The Labute approximate surface area is 112 Å². The van der Waals surface area contributed by atoms with Crippen LogP contribution in [0.4, 0.5) is 5.69 Å². The summed E-state index contributed by atoms with van der Waals surface area (Å²) in [7, 11) is 0. The minimum absolute atomic E-state index is 0.00555. The van der Waals surface area contributed by atoms with Crippen molar-refractivity contribution in [3.63, 3.8) is 0 Å². The first kappa shape index (κ1) is 11.4. The molecule has 0 aromatic carbocycles. The number of carbonyl (C=O) groups excluding carboxylic acids is 1. The number of aliphatic hydroxyl groups excluding tert-OH is 1. The van der Waals surface area contributed by atoms with Crippen LogP contribution in [-0.2, 0) is 0 Å². The van der Waals surface area contributed by atoms with Gasteiger partial charge in [0.1, 0.15) is 5.69 Å². The molecule has 19 heavy (non-hydrogen) atoms. The molecule has 1 aromatic heterocycles. The summed E-state index contributed by atoms with van der Waals surface area (Å²) < 4.78 is 0. The fourth-order valence-corrected chi connectivity index (χ4v) is 4.47. The topological polar surface area (TPSA) is 53.4 Å². The predicted octanol–water partition coefficient (Wildman–Crippen LogP) is 1.49. The van der Waals surface area contributed by atoms with E-state index in [9.17, 15) is 9.90 Å². The number of Topliss-reactive ketones (excluding diaryl/α,β-unsaturated/α-hetero) is 1. The van der Waals surface area contributed by atoms with Crippen LogP contribution in [0.25, 0.3) is 0 Å². The van der Waals surface area contributed by atoms with Crippen molar-refractivity contribution < 1.29 is 9.90 Å². The number of hydrogen-bond donors (Lipinski definition) is 1. The number of hydrogen-bond acceptors (Lipinski definition) is 4. The van der Waals surface area contributed by atoms with E-state index >= 15 is 0 Å². The molecule has 3 fully saturated rings. The lowest BCUT2D eigenvalue weighted by atomic mass is 9.88. The Bertz CT molecular complexity index is 525. The van der Waals surface area contributed by atoms with Crippen molar-refractivity contribution in [3.05, 3.63) is 24.0 Å². The standard InChI is InChI=1S/C15H18N2O2/c1-8(18)13-3-2-11(6-16-13)17-7-10-4-9-5-12(10)14(17)15(9)19/h2-3,6,9-10,12,14-15,19H,4-5,7H2,1H3. The van der Waals surface area contributed by atoms with Crippen LogP contribution in [-0.4, -0.2) is 34.6 Å². The van der Waals surface area contributed by atoms with Gasteiger partial charge < -0.3 is 10.0 Å². The Morgan fingerprint density at radius 1 is 1.37 bits per heavy atom. The van der Waals surface area contributed by atoms with Gasteiger partial charge in [-0.2, -0.15) is 0 Å². The molecule has 1 saturated heterocycles. The normalized spacial score (nSPS) is 39.1. The maximum Gasteiger partial charge on any atom is 0.178 e. The minimum atomic E-state index is -0.184. The van der Waals surface area contributed by atoms with E-state index in [0.717, 1.165) is 18.2 Å². The third kappa shape index (κ3) is 1.49. The molecular formula is C15H18N2O2. The maximum atomic E-state index is 11.3. The van der Waals surface area contributed by atoms with Crippen molar-refractivity contribution in [2.75, 3.05) is 11.4 Å². The minimum Gasteiger partial charge on any atom is -0.391 e. The highest BCUT2D eigenvalue weighted by Crippen LogP contribution is 2.55. The molecule has 2 heterocycles. The first-order chi connectivity index (χ1) is 9.15. The molecule has 1 aromatic rings. The monoisotopic (exact) mass is 258 g/mol. The van der Waals surface area contributed by atoms with Crippen molar-refractivity contribution >= 4 is 11.5 Å². The molecule has 5 unspecified atom stereocenters. The number of ketones is 1. The summed E-state index contributed by atoms with van der Waals surface area (Å²) in [6.07, 6.45) is 3.96. The van der Waals surface area contributed by atoms with Crippen LogP contribution in [0.3, 0.4) is 0 Å². The van der Waals surface area contributed by atoms with Crippen LogP contribution in [0.2, 0.25) is 0 Å². The number of rotatable bonds is 2. The highest BCUT2D eigenvalue weighted by Gasteiger charge is 2.58. The van der Waals surface area contributed by atoms with E-state index in [1.165, 1.54) is 19.8 Å². The van der Waals surface area contributed by atoms with Crippen LogP contribution in [0.1, 0.15) is 30.3 Å². The average molecular weight is 258 g/mol. The summed E-state index contributed by atoms with van der Waals surface area (Å²) >= 11 is 0. The van der Waals surface area contributed by atoms with Gasteiger partial charge in [-0.1, -0.05) is 0 Å². The number of pyridine rings is 1. The fourth-order valence-electron chi connectivity index (χ4n) is 4.47. The summed E-state index contributed by atoms with van der Waals surface area (Å²) in [4.78, 5) is 17.8. The van der Waals surface area contributed by atoms with E-state index in [1.54, 1.807) is 12.3 Å². The number of fused-ring (bicyclic) bond motifs is 1. The molecule has 4 heteroatoms. The van der Waals surface area contributed by atoms with Gasteiger partial charge in [-0.05, 0) is 42.7 Å². The van der Waals surface area contributed by atoms with Gasteiger partial charge in [0, 0.05) is 13.5 Å². The summed E-state index contributed by atoms with van der Waals surface area (Å²) in [6.45, 7) is 2.56. The second-order valence-corrected chi connectivity index (χ2v) is 6.25. The number of anilines is 1. The molecule has 2 aliphatic carbocycles. The van der Waals surface area contributed by atoms with Gasteiger partial charge in [0.2, 0.25) is 0 Å². The number of carbonyl (C=O) groups is 1. The molecule has 0 spiro atoms. The van der Waals surface area contributed by atoms with E-state index in [1.807, 2.05) is 6.07 Å². The molecule has 0 amide bonds. The highest BCUT2D eigenvalue weighted by atomic mass is 16.3. The third-order valence-corrected chi connectivity index (χ3v) is 5.29. The van der Waals surface area contributed by atoms with Crippen LogP contribution >= 0.6 is 0 Å². The van der Waals surface area contributed by atoms with Crippen LogP contribution in [0.5, 0.6) is 0 Å². The van der Waals surface area contributed by atoms with Crippen molar-refractivity contribution in [2.45, 2.75) is 31.9 Å². The lowest BCUT2D eigenvalue weighted by Crippen LogP contribution is -2.40. The fraction of sp³-hybridized carbons (Fsp3) is 0.600. The van der Waals surface area contributed by atoms with Crippen molar-refractivity contribution in [3.8, 4) is 0 Å². The molecule has 4 rings (SSSR count). The average Bonchev–Trinajstić information content (AvgIpc) is 3.00.